The van der Waals surface area contributed by atoms with Crippen LogP contribution in [0.2, 0.25) is 0 Å². The van der Waals surface area contributed by atoms with E-state index in [4.69, 9.17) is 9.84 Å². The van der Waals surface area contributed by atoms with Crippen LogP contribution in [0.4, 0.5) is 0 Å². The first-order valence-corrected chi connectivity index (χ1v) is 5.03. The van der Waals surface area contributed by atoms with Gasteiger partial charge in [0.2, 0.25) is 0 Å². The minimum Gasteiger partial charge on any atom is -0.481 e. The number of nitrogens with zero attached hydrogens (tertiary/aromatic N) is 1. The summed E-state index contributed by atoms with van der Waals surface area (Å²) in [6.45, 7) is 2.75. The highest BCUT2D eigenvalue weighted by atomic mass is 16.5. The molecule has 0 spiro atoms. The molecular formula is C10H19NO3. The second-order valence-electron chi connectivity index (χ2n) is 4.02. The molecule has 0 aromatic rings. The number of rotatable bonds is 4. The summed E-state index contributed by atoms with van der Waals surface area (Å²) in [6, 6.07) is 0.256. The van der Waals surface area contributed by atoms with Crippen molar-refractivity contribution in [1.29, 1.82) is 0 Å². The van der Waals surface area contributed by atoms with Gasteiger partial charge in [-0.2, -0.15) is 0 Å². The molecule has 0 bridgehead atoms. The summed E-state index contributed by atoms with van der Waals surface area (Å²) in [5, 5.41) is 8.93. The molecule has 82 valence electrons. The van der Waals surface area contributed by atoms with Gasteiger partial charge in [0.05, 0.1) is 12.0 Å². The van der Waals surface area contributed by atoms with E-state index in [0.29, 0.717) is 0 Å². The van der Waals surface area contributed by atoms with E-state index in [1.165, 1.54) is 0 Å². The summed E-state index contributed by atoms with van der Waals surface area (Å²) in [7, 11) is 3.62. The summed E-state index contributed by atoms with van der Waals surface area (Å²) in [5.41, 5.74) is 0. The maximum atomic E-state index is 10.9. The molecule has 2 unspecified atom stereocenters. The standard InChI is InChI=1S/C10H19NO3/c1-7(10(12)13)9(14-3)8-5-4-6-11(8)2/h7-9H,4-6H2,1-3H3,(H,12,13)/t7?,8-,9?/m0/s1. The average Bonchev–Trinajstić information content (AvgIpc) is 2.53. The average molecular weight is 201 g/mol. The Morgan fingerprint density at radius 2 is 2.29 bits per heavy atom. The van der Waals surface area contributed by atoms with Crippen LogP contribution in [0.1, 0.15) is 19.8 Å². The number of carbonyl (C=O) groups is 1. The maximum absolute atomic E-state index is 10.9. The van der Waals surface area contributed by atoms with Crippen molar-refractivity contribution in [2.75, 3.05) is 20.7 Å². The number of likely N-dealkylation sites (N-methyl/N-ethyl adjacent to an activating group) is 1. The zero-order valence-electron chi connectivity index (χ0n) is 9.06. The predicted octanol–water partition coefficient (Wildman–Crippen LogP) is 0.816. The topological polar surface area (TPSA) is 49.8 Å². The first-order valence-electron chi connectivity index (χ1n) is 5.03. The molecule has 1 heterocycles. The monoisotopic (exact) mass is 201 g/mol. The van der Waals surface area contributed by atoms with E-state index in [2.05, 4.69) is 4.90 Å². The van der Waals surface area contributed by atoms with Gasteiger partial charge in [0.25, 0.3) is 0 Å². The van der Waals surface area contributed by atoms with Crippen LogP contribution < -0.4 is 0 Å². The normalized spacial score (nSPS) is 27.5. The van der Waals surface area contributed by atoms with Gasteiger partial charge < -0.3 is 14.7 Å². The van der Waals surface area contributed by atoms with Crippen molar-refractivity contribution < 1.29 is 14.6 Å². The number of hydrogen-bond donors (Lipinski definition) is 1. The molecule has 4 nitrogen and oxygen atoms in total. The summed E-state index contributed by atoms with van der Waals surface area (Å²) in [6.07, 6.45) is 1.97. The molecular weight excluding hydrogens is 182 g/mol. The van der Waals surface area contributed by atoms with Gasteiger partial charge in [-0.3, -0.25) is 4.79 Å². The van der Waals surface area contributed by atoms with Crippen LogP contribution in [0, 0.1) is 5.92 Å². The van der Waals surface area contributed by atoms with E-state index in [1.807, 2.05) is 7.05 Å². The molecule has 1 aliphatic heterocycles. The second kappa shape index (κ2) is 4.75. The summed E-state index contributed by atoms with van der Waals surface area (Å²) >= 11 is 0. The first-order chi connectivity index (χ1) is 6.57. The minimum atomic E-state index is -0.780. The van der Waals surface area contributed by atoms with E-state index in [1.54, 1.807) is 14.0 Å². The fraction of sp³-hybridized carbons (Fsp3) is 0.900. The Hall–Kier alpha value is -0.610. The molecule has 14 heavy (non-hydrogen) atoms. The van der Waals surface area contributed by atoms with Crippen LogP contribution in [-0.4, -0.2) is 48.8 Å². The van der Waals surface area contributed by atoms with Crippen LogP contribution in [0.15, 0.2) is 0 Å². The SMILES string of the molecule is COC(C(C)C(=O)O)[C@@H]1CCCN1C. The van der Waals surface area contributed by atoms with Crippen LogP contribution in [-0.2, 0) is 9.53 Å². The molecule has 1 fully saturated rings. The fourth-order valence-corrected chi connectivity index (χ4v) is 2.19. The third kappa shape index (κ3) is 2.25. The van der Waals surface area contributed by atoms with Crippen LogP contribution in [0.3, 0.4) is 0 Å². The van der Waals surface area contributed by atoms with E-state index < -0.39 is 11.9 Å². The Kier molecular flexibility index (Phi) is 3.89. The quantitative estimate of drug-likeness (QED) is 0.731. The summed E-state index contributed by atoms with van der Waals surface area (Å²) in [5.74, 6) is -1.22. The lowest BCUT2D eigenvalue weighted by atomic mass is 9.96. The lowest BCUT2D eigenvalue weighted by molar-refractivity contribution is -0.147. The van der Waals surface area contributed by atoms with E-state index in [-0.39, 0.29) is 12.1 Å². The third-order valence-corrected chi connectivity index (χ3v) is 3.11. The Morgan fingerprint density at radius 1 is 1.64 bits per heavy atom. The van der Waals surface area contributed by atoms with E-state index in [0.717, 1.165) is 19.4 Å². The largest absolute Gasteiger partial charge is 0.481 e. The molecule has 1 aliphatic rings. The summed E-state index contributed by atoms with van der Waals surface area (Å²) in [4.78, 5) is 13.1. The third-order valence-electron chi connectivity index (χ3n) is 3.11. The van der Waals surface area contributed by atoms with Crippen LogP contribution in [0.5, 0.6) is 0 Å². The van der Waals surface area contributed by atoms with E-state index >= 15 is 0 Å². The zero-order chi connectivity index (χ0) is 10.7. The van der Waals surface area contributed by atoms with Crippen molar-refractivity contribution >= 4 is 5.97 Å². The highest BCUT2D eigenvalue weighted by Crippen LogP contribution is 2.24. The molecule has 0 amide bonds. The molecule has 0 aromatic heterocycles. The molecule has 0 saturated carbocycles. The molecule has 4 heteroatoms. The second-order valence-corrected chi connectivity index (χ2v) is 4.02. The zero-order valence-corrected chi connectivity index (χ0v) is 9.06. The van der Waals surface area contributed by atoms with Crippen molar-refractivity contribution in [3.8, 4) is 0 Å². The Labute approximate surface area is 84.8 Å². The number of hydrogen-bond acceptors (Lipinski definition) is 3. The first kappa shape index (κ1) is 11.5. The highest BCUT2D eigenvalue weighted by Gasteiger charge is 2.35. The molecule has 1 saturated heterocycles. The van der Waals surface area contributed by atoms with Gasteiger partial charge >= 0.3 is 5.97 Å². The van der Waals surface area contributed by atoms with Crippen molar-refractivity contribution in [2.24, 2.45) is 5.92 Å². The van der Waals surface area contributed by atoms with Crippen molar-refractivity contribution in [2.45, 2.75) is 31.9 Å². The van der Waals surface area contributed by atoms with Gasteiger partial charge in [-0.05, 0) is 33.4 Å². The van der Waals surface area contributed by atoms with Gasteiger partial charge in [0.15, 0.2) is 0 Å². The minimum absolute atomic E-state index is 0.194. The number of carboxylic acid groups (broad SMARTS) is 1. The van der Waals surface area contributed by atoms with Gasteiger partial charge in [-0.25, -0.2) is 0 Å². The molecule has 1 rings (SSSR count). The maximum Gasteiger partial charge on any atom is 0.308 e. The number of aliphatic carboxylic acids is 1. The Balaban J connectivity index is 2.65. The fourth-order valence-electron chi connectivity index (χ4n) is 2.19. The molecule has 0 aliphatic carbocycles. The van der Waals surface area contributed by atoms with Gasteiger partial charge in [0, 0.05) is 13.2 Å². The number of ether oxygens (including phenoxy) is 1. The smallest absolute Gasteiger partial charge is 0.308 e. The molecule has 1 N–H and O–H groups in total. The van der Waals surface area contributed by atoms with Gasteiger partial charge in [0.1, 0.15) is 0 Å². The molecule has 0 radical (unpaired) electrons. The lowest BCUT2D eigenvalue weighted by Crippen LogP contribution is -2.43. The number of likely N-dealkylation sites (tertiary alicyclic amines) is 1. The molecule has 3 atom stereocenters. The highest BCUT2D eigenvalue weighted by molar-refractivity contribution is 5.70. The summed E-state index contributed by atoms with van der Waals surface area (Å²) < 4.78 is 5.31. The van der Waals surface area contributed by atoms with Gasteiger partial charge in [-0.15, -0.1) is 0 Å². The van der Waals surface area contributed by atoms with Crippen LogP contribution in [0.25, 0.3) is 0 Å². The number of methoxy groups -OCH3 is 1. The van der Waals surface area contributed by atoms with Gasteiger partial charge in [-0.1, -0.05) is 0 Å². The molecule has 0 aromatic carbocycles. The van der Waals surface area contributed by atoms with E-state index in [9.17, 15) is 4.79 Å². The van der Waals surface area contributed by atoms with Crippen molar-refractivity contribution in [3.05, 3.63) is 0 Å². The Morgan fingerprint density at radius 3 is 2.64 bits per heavy atom. The number of carboxylic acids is 1. The predicted molar refractivity (Wildman–Crippen MR) is 53.2 cm³/mol. The van der Waals surface area contributed by atoms with Crippen molar-refractivity contribution in [1.82, 2.24) is 4.90 Å². The van der Waals surface area contributed by atoms with Crippen LogP contribution >= 0.6 is 0 Å². The Bertz CT molecular complexity index is 208. The lowest BCUT2D eigenvalue weighted by Gasteiger charge is -2.30. The van der Waals surface area contributed by atoms with Crippen molar-refractivity contribution in [3.63, 3.8) is 0 Å².